The lowest BCUT2D eigenvalue weighted by atomic mass is 10.1. The Hall–Kier alpha value is -2.21. The molecule has 0 radical (unpaired) electrons. The van der Waals surface area contributed by atoms with Crippen molar-refractivity contribution in [1.82, 2.24) is 20.1 Å². The molecule has 1 N–H and O–H groups in total. The fourth-order valence-corrected chi connectivity index (χ4v) is 2.00. The molecule has 0 bridgehead atoms. The summed E-state index contributed by atoms with van der Waals surface area (Å²) in [7, 11) is 0. The second-order valence-corrected chi connectivity index (χ2v) is 6.49. The summed E-state index contributed by atoms with van der Waals surface area (Å²) in [5, 5.41) is 6.90. The quantitative estimate of drug-likeness (QED) is 0.889. The van der Waals surface area contributed by atoms with Crippen LogP contribution in [0.15, 0.2) is 36.9 Å². The predicted octanol–water partition coefficient (Wildman–Crippen LogP) is 2.47. The van der Waals surface area contributed by atoms with E-state index in [4.69, 9.17) is 4.74 Å². The van der Waals surface area contributed by atoms with E-state index in [1.807, 2.05) is 45.0 Å². The standard InChI is InChI=1S/C17H24N4O2/c1-13(21-12-18-11-20-21)16(22)19-9-14-6-5-7-15(8-14)10-23-17(2,3)4/h5-8,11-13H,9-10H2,1-4H3,(H,19,22)/t13-/m1/s1. The van der Waals surface area contributed by atoms with Crippen LogP contribution < -0.4 is 5.32 Å². The van der Waals surface area contributed by atoms with E-state index in [0.717, 1.165) is 11.1 Å². The number of aromatic nitrogens is 3. The topological polar surface area (TPSA) is 69.0 Å². The highest BCUT2D eigenvalue weighted by atomic mass is 16.5. The Morgan fingerprint density at radius 3 is 2.74 bits per heavy atom. The molecule has 0 aliphatic rings. The number of hydrogen-bond acceptors (Lipinski definition) is 4. The van der Waals surface area contributed by atoms with Crippen molar-refractivity contribution in [2.75, 3.05) is 0 Å². The second-order valence-electron chi connectivity index (χ2n) is 6.49. The number of nitrogens with zero attached hydrogens (tertiary/aromatic N) is 3. The van der Waals surface area contributed by atoms with E-state index in [1.165, 1.54) is 17.3 Å². The second kappa shape index (κ2) is 7.37. The SMILES string of the molecule is C[C@H](C(=O)NCc1cccc(COC(C)(C)C)c1)n1cncn1. The molecule has 0 saturated heterocycles. The van der Waals surface area contributed by atoms with Crippen molar-refractivity contribution in [2.24, 2.45) is 0 Å². The molecule has 124 valence electrons. The van der Waals surface area contributed by atoms with Gasteiger partial charge in [-0.05, 0) is 38.8 Å². The van der Waals surface area contributed by atoms with Crippen LogP contribution in [0.2, 0.25) is 0 Å². The number of amides is 1. The minimum Gasteiger partial charge on any atom is -0.371 e. The van der Waals surface area contributed by atoms with Crippen LogP contribution in [0.5, 0.6) is 0 Å². The summed E-state index contributed by atoms with van der Waals surface area (Å²) >= 11 is 0. The van der Waals surface area contributed by atoms with Crippen LogP contribution in [0, 0.1) is 0 Å². The van der Waals surface area contributed by atoms with Gasteiger partial charge in [-0.25, -0.2) is 9.67 Å². The van der Waals surface area contributed by atoms with Crippen LogP contribution >= 0.6 is 0 Å². The lowest BCUT2D eigenvalue weighted by Crippen LogP contribution is -2.30. The molecule has 0 aliphatic heterocycles. The number of ether oxygens (including phenoxy) is 1. The molecular formula is C17H24N4O2. The molecule has 2 aromatic rings. The first-order valence-electron chi connectivity index (χ1n) is 7.69. The third-order valence-corrected chi connectivity index (χ3v) is 3.34. The zero-order valence-electron chi connectivity index (χ0n) is 14.1. The molecule has 1 heterocycles. The summed E-state index contributed by atoms with van der Waals surface area (Å²) in [6.07, 6.45) is 2.96. The predicted molar refractivity (Wildman–Crippen MR) is 87.6 cm³/mol. The molecule has 0 spiro atoms. The van der Waals surface area contributed by atoms with Gasteiger partial charge < -0.3 is 10.1 Å². The molecule has 1 aromatic heterocycles. The van der Waals surface area contributed by atoms with Gasteiger partial charge in [-0.2, -0.15) is 5.10 Å². The molecular weight excluding hydrogens is 292 g/mol. The lowest BCUT2D eigenvalue weighted by molar-refractivity contribution is -0.124. The maximum atomic E-state index is 12.1. The number of nitrogens with one attached hydrogen (secondary N) is 1. The van der Waals surface area contributed by atoms with Gasteiger partial charge in [0.15, 0.2) is 0 Å². The van der Waals surface area contributed by atoms with Gasteiger partial charge in [-0.3, -0.25) is 4.79 Å². The van der Waals surface area contributed by atoms with Crippen molar-refractivity contribution in [3.63, 3.8) is 0 Å². The van der Waals surface area contributed by atoms with Gasteiger partial charge in [0.1, 0.15) is 18.7 Å². The first-order valence-corrected chi connectivity index (χ1v) is 7.69. The van der Waals surface area contributed by atoms with E-state index in [2.05, 4.69) is 15.4 Å². The van der Waals surface area contributed by atoms with Crippen LogP contribution in [-0.4, -0.2) is 26.3 Å². The van der Waals surface area contributed by atoms with E-state index in [0.29, 0.717) is 13.2 Å². The van der Waals surface area contributed by atoms with E-state index in [9.17, 15) is 4.79 Å². The van der Waals surface area contributed by atoms with Crippen LogP contribution in [0.3, 0.4) is 0 Å². The van der Waals surface area contributed by atoms with Crippen molar-refractivity contribution >= 4 is 5.91 Å². The zero-order chi connectivity index (χ0) is 16.9. The highest BCUT2D eigenvalue weighted by Gasteiger charge is 2.15. The Kier molecular flexibility index (Phi) is 5.50. The fourth-order valence-electron chi connectivity index (χ4n) is 2.00. The molecule has 0 saturated carbocycles. The number of carbonyl (C=O) groups is 1. The Labute approximate surface area is 136 Å². The number of hydrogen-bond donors (Lipinski definition) is 1. The molecule has 1 amide bonds. The van der Waals surface area contributed by atoms with Crippen LogP contribution in [0.1, 0.15) is 44.9 Å². The van der Waals surface area contributed by atoms with Crippen molar-refractivity contribution in [2.45, 2.75) is 52.5 Å². The molecule has 1 atom stereocenters. The van der Waals surface area contributed by atoms with Gasteiger partial charge >= 0.3 is 0 Å². The van der Waals surface area contributed by atoms with Gasteiger partial charge in [-0.15, -0.1) is 0 Å². The smallest absolute Gasteiger partial charge is 0.244 e. The van der Waals surface area contributed by atoms with Crippen LogP contribution in [-0.2, 0) is 22.7 Å². The normalized spacial score (nSPS) is 12.9. The largest absolute Gasteiger partial charge is 0.371 e. The molecule has 0 unspecified atom stereocenters. The van der Waals surface area contributed by atoms with E-state index in [1.54, 1.807) is 6.92 Å². The zero-order valence-corrected chi connectivity index (χ0v) is 14.1. The van der Waals surface area contributed by atoms with Crippen molar-refractivity contribution in [3.05, 3.63) is 48.0 Å². The summed E-state index contributed by atoms with van der Waals surface area (Å²) in [5.41, 5.74) is 1.97. The summed E-state index contributed by atoms with van der Waals surface area (Å²) in [5.74, 6) is -0.0909. The van der Waals surface area contributed by atoms with Crippen LogP contribution in [0.25, 0.3) is 0 Å². The first kappa shape index (κ1) is 17.1. The van der Waals surface area contributed by atoms with Crippen molar-refractivity contribution in [3.8, 4) is 0 Å². The van der Waals surface area contributed by atoms with E-state index < -0.39 is 0 Å². The maximum absolute atomic E-state index is 12.1. The Morgan fingerprint density at radius 2 is 2.09 bits per heavy atom. The van der Waals surface area contributed by atoms with Gasteiger partial charge in [-0.1, -0.05) is 24.3 Å². The average molecular weight is 316 g/mol. The maximum Gasteiger partial charge on any atom is 0.244 e. The van der Waals surface area contributed by atoms with E-state index >= 15 is 0 Å². The minimum absolute atomic E-state index is 0.0909. The van der Waals surface area contributed by atoms with Gasteiger partial charge in [0, 0.05) is 6.54 Å². The minimum atomic E-state index is -0.384. The Morgan fingerprint density at radius 1 is 1.35 bits per heavy atom. The van der Waals surface area contributed by atoms with E-state index in [-0.39, 0.29) is 17.6 Å². The molecule has 6 heteroatoms. The molecule has 0 aliphatic carbocycles. The molecule has 1 aromatic carbocycles. The highest BCUT2D eigenvalue weighted by molar-refractivity contribution is 5.79. The third-order valence-electron chi connectivity index (χ3n) is 3.34. The van der Waals surface area contributed by atoms with Gasteiger partial charge in [0.2, 0.25) is 5.91 Å². The Bertz CT molecular complexity index is 632. The van der Waals surface area contributed by atoms with Crippen molar-refractivity contribution < 1.29 is 9.53 Å². The number of rotatable bonds is 6. The van der Waals surface area contributed by atoms with Gasteiger partial charge in [0.25, 0.3) is 0 Å². The third kappa shape index (κ3) is 5.49. The molecule has 6 nitrogen and oxygen atoms in total. The Balaban J connectivity index is 1.89. The molecule has 23 heavy (non-hydrogen) atoms. The summed E-state index contributed by atoms with van der Waals surface area (Å²) < 4.78 is 7.31. The average Bonchev–Trinajstić information content (AvgIpc) is 3.04. The molecule has 2 rings (SSSR count). The highest BCUT2D eigenvalue weighted by Crippen LogP contribution is 2.13. The fraction of sp³-hybridized carbons (Fsp3) is 0.471. The summed E-state index contributed by atoms with van der Waals surface area (Å²) in [4.78, 5) is 16.0. The molecule has 0 fully saturated rings. The monoisotopic (exact) mass is 316 g/mol. The van der Waals surface area contributed by atoms with Crippen LogP contribution in [0.4, 0.5) is 0 Å². The number of carbonyl (C=O) groups excluding carboxylic acids is 1. The summed E-state index contributed by atoms with van der Waals surface area (Å²) in [6, 6.07) is 7.65. The summed E-state index contributed by atoms with van der Waals surface area (Å²) in [6.45, 7) is 8.91. The lowest BCUT2D eigenvalue weighted by Gasteiger charge is -2.19. The van der Waals surface area contributed by atoms with Gasteiger partial charge in [0.05, 0.1) is 12.2 Å². The first-order chi connectivity index (χ1) is 10.8. The van der Waals surface area contributed by atoms with Crippen molar-refractivity contribution in [1.29, 1.82) is 0 Å². The number of benzene rings is 1.